The van der Waals surface area contributed by atoms with Crippen molar-refractivity contribution in [3.8, 4) is 0 Å². The monoisotopic (exact) mass is 205 g/mol. The van der Waals surface area contributed by atoms with Gasteiger partial charge < -0.3 is 5.11 Å². The van der Waals surface area contributed by atoms with Crippen molar-refractivity contribution in [2.24, 2.45) is 0 Å². The van der Waals surface area contributed by atoms with Crippen molar-refractivity contribution in [3.05, 3.63) is 23.8 Å². The second kappa shape index (κ2) is 3.68. The summed E-state index contributed by atoms with van der Waals surface area (Å²) in [7, 11) is 0. The lowest BCUT2D eigenvalue weighted by atomic mass is 10.1. The molecule has 0 saturated heterocycles. The van der Waals surface area contributed by atoms with Crippen LogP contribution < -0.4 is 0 Å². The van der Waals surface area contributed by atoms with Crippen LogP contribution in [-0.2, 0) is 17.8 Å². The molecule has 0 fully saturated rings. The van der Waals surface area contributed by atoms with E-state index >= 15 is 0 Å². The topological polar surface area (TPSA) is 68.0 Å². The van der Waals surface area contributed by atoms with E-state index in [2.05, 4.69) is 10.3 Å². The Morgan fingerprint density at radius 2 is 2.33 bits per heavy atom. The molecule has 2 rings (SSSR count). The first kappa shape index (κ1) is 9.64. The summed E-state index contributed by atoms with van der Waals surface area (Å²) in [4.78, 5) is 10.6. The average molecular weight is 205 g/mol. The largest absolute Gasteiger partial charge is 0.480 e. The zero-order valence-electron chi connectivity index (χ0n) is 8.34. The van der Waals surface area contributed by atoms with Gasteiger partial charge in [-0.25, -0.2) is 4.68 Å². The Hall–Kier alpha value is -1.91. The third-order valence-electron chi connectivity index (χ3n) is 2.29. The molecule has 0 unspecified atom stereocenters. The van der Waals surface area contributed by atoms with Gasteiger partial charge in [0, 0.05) is 0 Å². The van der Waals surface area contributed by atoms with Gasteiger partial charge in [-0.15, -0.1) is 5.10 Å². The molecule has 0 aliphatic rings. The van der Waals surface area contributed by atoms with Gasteiger partial charge in [0.15, 0.2) is 0 Å². The third-order valence-corrected chi connectivity index (χ3v) is 2.29. The van der Waals surface area contributed by atoms with E-state index in [9.17, 15) is 4.79 Å². The zero-order valence-corrected chi connectivity index (χ0v) is 8.34. The van der Waals surface area contributed by atoms with E-state index in [1.165, 1.54) is 4.68 Å². The van der Waals surface area contributed by atoms with Crippen LogP contribution in [0, 0.1) is 0 Å². The number of fused-ring (bicyclic) bond motifs is 1. The van der Waals surface area contributed by atoms with E-state index < -0.39 is 5.97 Å². The molecule has 0 saturated carbocycles. The molecule has 0 aliphatic carbocycles. The van der Waals surface area contributed by atoms with Crippen LogP contribution in [0.2, 0.25) is 0 Å². The van der Waals surface area contributed by atoms with Crippen molar-refractivity contribution >= 4 is 17.0 Å². The Kier molecular flexibility index (Phi) is 2.37. The van der Waals surface area contributed by atoms with E-state index in [1.54, 1.807) is 0 Å². The predicted molar refractivity (Wildman–Crippen MR) is 54.5 cm³/mol. The quantitative estimate of drug-likeness (QED) is 0.814. The van der Waals surface area contributed by atoms with Crippen LogP contribution in [0.1, 0.15) is 12.5 Å². The number of carboxylic acid groups (broad SMARTS) is 1. The van der Waals surface area contributed by atoms with Crippen LogP contribution in [0.5, 0.6) is 0 Å². The number of benzene rings is 1. The number of nitrogens with zero attached hydrogens (tertiary/aromatic N) is 3. The van der Waals surface area contributed by atoms with Gasteiger partial charge in [-0.2, -0.15) is 0 Å². The Bertz CT molecular complexity index is 504. The van der Waals surface area contributed by atoms with Gasteiger partial charge in [-0.1, -0.05) is 24.3 Å². The maximum atomic E-state index is 10.6. The average Bonchev–Trinajstić information content (AvgIpc) is 2.61. The Balaban J connectivity index is 2.55. The molecule has 0 amide bonds. The summed E-state index contributed by atoms with van der Waals surface area (Å²) in [6.45, 7) is 1.88. The molecule has 0 atom stereocenters. The molecule has 5 heteroatoms. The highest BCUT2D eigenvalue weighted by Gasteiger charge is 2.09. The van der Waals surface area contributed by atoms with E-state index in [0.717, 1.165) is 23.0 Å². The van der Waals surface area contributed by atoms with Crippen molar-refractivity contribution < 1.29 is 9.90 Å². The smallest absolute Gasteiger partial charge is 0.325 e. The van der Waals surface area contributed by atoms with Gasteiger partial charge in [-0.05, 0) is 18.1 Å². The number of carbonyl (C=O) groups is 1. The van der Waals surface area contributed by atoms with Gasteiger partial charge in [0.05, 0.1) is 5.52 Å². The molecule has 0 aliphatic heterocycles. The number of aryl methyl sites for hydroxylation is 1. The highest BCUT2D eigenvalue weighted by molar-refractivity contribution is 5.79. The molecule has 1 aromatic carbocycles. The molecular formula is C10H11N3O2. The van der Waals surface area contributed by atoms with Gasteiger partial charge in [0.1, 0.15) is 12.1 Å². The Morgan fingerprint density at radius 3 is 3.00 bits per heavy atom. The van der Waals surface area contributed by atoms with E-state index in [-0.39, 0.29) is 6.54 Å². The van der Waals surface area contributed by atoms with Crippen molar-refractivity contribution in [1.82, 2.24) is 15.0 Å². The molecule has 1 aromatic heterocycles. The van der Waals surface area contributed by atoms with E-state index in [4.69, 9.17) is 5.11 Å². The highest BCUT2D eigenvalue weighted by atomic mass is 16.4. The van der Waals surface area contributed by atoms with Crippen molar-refractivity contribution in [2.75, 3.05) is 0 Å². The van der Waals surface area contributed by atoms with Gasteiger partial charge in [0.25, 0.3) is 0 Å². The van der Waals surface area contributed by atoms with Crippen molar-refractivity contribution in [3.63, 3.8) is 0 Å². The molecule has 78 valence electrons. The molecule has 5 nitrogen and oxygen atoms in total. The first-order valence-corrected chi connectivity index (χ1v) is 4.75. The summed E-state index contributed by atoms with van der Waals surface area (Å²) in [6, 6.07) is 5.70. The summed E-state index contributed by atoms with van der Waals surface area (Å²) in [6.07, 6.45) is 0.864. The second-order valence-electron chi connectivity index (χ2n) is 3.28. The molecule has 15 heavy (non-hydrogen) atoms. The predicted octanol–water partition coefficient (Wildman–Crippen LogP) is 1.08. The van der Waals surface area contributed by atoms with Gasteiger partial charge in [0.2, 0.25) is 0 Å². The second-order valence-corrected chi connectivity index (χ2v) is 3.28. The van der Waals surface area contributed by atoms with Crippen LogP contribution >= 0.6 is 0 Å². The van der Waals surface area contributed by atoms with Crippen LogP contribution in [0.25, 0.3) is 11.0 Å². The number of hydrogen-bond donors (Lipinski definition) is 1. The maximum absolute atomic E-state index is 10.6. The number of aliphatic carboxylic acids is 1. The zero-order chi connectivity index (χ0) is 10.8. The normalized spacial score (nSPS) is 10.7. The number of rotatable bonds is 3. The molecule has 1 N–H and O–H groups in total. The summed E-state index contributed by atoms with van der Waals surface area (Å²) < 4.78 is 1.40. The van der Waals surface area contributed by atoms with Crippen LogP contribution in [0.15, 0.2) is 18.2 Å². The first-order chi connectivity index (χ1) is 7.22. The molecule has 0 bridgehead atoms. The lowest BCUT2D eigenvalue weighted by Gasteiger charge is -1.99. The minimum absolute atomic E-state index is 0.149. The first-order valence-electron chi connectivity index (χ1n) is 4.75. The number of hydrogen-bond acceptors (Lipinski definition) is 3. The summed E-state index contributed by atoms with van der Waals surface area (Å²) in [5.74, 6) is -0.913. The summed E-state index contributed by atoms with van der Waals surface area (Å²) >= 11 is 0. The lowest BCUT2D eigenvalue weighted by molar-refractivity contribution is -0.137. The fraction of sp³-hybridized carbons (Fsp3) is 0.300. The van der Waals surface area contributed by atoms with Gasteiger partial charge >= 0.3 is 5.97 Å². The highest BCUT2D eigenvalue weighted by Crippen LogP contribution is 2.16. The van der Waals surface area contributed by atoms with Crippen LogP contribution in [0.4, 0.5) is 0 Å². The van der Waals surface area contributed by atoms with E-state index in [0.29, 0.717) is 0 Å². The van der Waals surface area contributed by atoms with Crippen LogP contribution in [-0.4, -0.2) is 26.1 Å². The number of carboxylic acids is 1. The fourth-order valence-corrected chi connectivity index (χ4v) is 1.58. The summed E-state index contributed by atoms with van der Waals surface area (Å²) in [5.41, 5.74) is 2.65. The van der Waals surface area contributed by atoms with E-state index in [1.807, 2.05) is 25.1 Å². The fourth-order valence-electron chi connectivity index (χ4n) is 1.58. The SMILES string of the molecule is CCc1cccc2c1nnn2CC(=O)O. The molecule has 0 radical (unpaired) electrons. The minimum Gasteiger partial charge on any atom is -0.480 e. The van der Waals surface area contributed by atoms with Crippen molar-refractivity contribution in [2.45, 2.75) is 19.9 Å². The molecular weight excluding hydrogens is 194 g/mol. The van der Waals surface area contributed by atoms with Crippen LogP contribution in [0.3, 0.4) is 0 Å². The lowest BCUT2D eigenvalue weighted by Crippen LogP contribution is -2.09. The Morgan fingerprint density at radius 1 is 1.53 bits per heavy atom. The molecule has 0 spiro atoms. The number of aromatic nitrogens is 3. The summed E-state index contributed by atoms with van der Waals surface area (Å²) in [5, 5.41) is 16.5. The molecule has 2 aromatic rings. The maximum Gasteiger partial charge on any atom is 0.325 e. The molecule has 1 heterocycles. The Labute approximate surface area is 86.3 Å². The minimum atomic E-state index is -0.913. The van der Waals surface area contributed by atoms with Gasteiger partial charge in [-0.3, -0.25) is 4.79 Å². The standard InChI is InChI=1S/C10H11N3O2/c1-2-7-4-3-5-8-10(7)11-12-13(8)6-9(14)15/h3-5H,2,6H2,1H3,(H,14,15). The third kappa shape index (κ3) is 1.68. The van der Waals surface area contributed by atoms with Crippen molar-refractivity contribution in [1.29, 1.82) is 0 Å².